The predicted octanol–water partition coefficient (Wildman–Crippen LogP) is 4.38. The third kappa shape index (κ3) is 4.91. The van der Waals surface area contributed by atoms with Gasteiger partial charge in [0.05, 0.1) is 0 Å². The molecule has 2 aromatic rings. The fourth-order valence-corrected chi connectivity index (χ4v) is 2.19. The highest BCUT2D eigenvalue weighted by molar-refractivity contribution is 5.36. The zero-order chi connectivity index (χ0) is 15.1. The maximum Gasteiger partial charge on any atom is 0.122 e. The summed E-state index contributed by atoms with van der Waals surface area (Å²) in [7, 11) is 0. The topological polar surface area (TPSA) is 21.3 Å². The molecule has 0 aliphatic rings. The van der Waals surface area contributed by atoms with E-state index in [4.69, 9.17) is 4.74 Å². The summed E-state index contributed by atoms with van der Waals surface area (Å²) in [6.07, 6.45) is 1.17. The van der Waals surface area contributed by atoms with Gasteiger partial charge in [0.2, 0.25) is 0 Å². The van der Waals surface area contributed by atoms with E-state index in [9.17, 15) is 0 Å². The van der Waals surface area contributed by atoms with Crippen LogP contribution in [0.4, 0.5) is 0 Å². The second-order valence-electron chi connectivity index (χ2n) is 5.55. The smallest absolute Gasteiger partial charge is 0.122 e. The minimum atomic E-state index is 0.618. The molecule has 0 amide bonds. The van der Waals surface area contributed by atoms with Crippen molar-refractivity contribution in [2.24, 2.45) is 0 Å². The Kier molecular flexibility index (Phi) is 5.82. The molecule has 1 N–H and O–H groups in total. The van der Waals surface area contributed by atoms with Crippen molar-refractivity contribution < 1.29 is 4.74 Å². The van der Waals surface area contributed by atoms with E-state index in [-0.39, 0.29) is 0 Å². The van der Waals surface area contributed by atoms with Gasteiger partial charge in [0.25, 0.3) is 0 Å². The van der Waals surface area contributed by atoms with Crippen molar-refractivity contribution in [3.05, 3.63) is 64.7 Å². The highest BCUT2D eigenvalue weighted by atomic mass is 16.5. The molecule has 0 fully saturated rings. The van der Waals surface area contributed by atoms with E-state index in [0.717, 1.165) is 18.8 Å². The van der Waals surface area contributed by atoms with Gasteiger partial charge >= 0.3 is 0 Å². The number of rotatable bonds is 7. The Morgan fingerprint density at radius 2 is 1.67 bits per heavy atom. The first-order valence-electron chi connectivity index (χ1n) is 7.67. The second kappa shape index (κ2) is 7.84. The number of benzene rings is 2. The van der Waals surface area contributed by atoms with E-state index in [1.165, 1.54) is 28.7 Å². The molecule has 0 heterocycles. The maximum atomic E-state index is 5.93. The first-order chi connectivity index (χ1) is 10.2. The summed E-state index contributed by atoms with van der Waals surface area (Å²) in [6.45, 7) is 8.97. The van der Waals surface area contributed by atoms with Crippen LogP contribution in [0.3, 0.4) is 0 Å². The van der Waals surface area contributed by atoms with Crippen LogP contribution in [0.2, 0.25) is 0 Å². The first-order valence-corrected chi connectivity index (χ1v) is 7.67. The summed E-state index contributed by atoms with van der Waals surface area (Å²) in [5.74, 6) is 0.976. The van der Waals surface area contributed by atoms with Gasteiger partial charge in [-0.3, -0.25) is 0 Å². The van der Waals surface area contributed by atoms with Gasteiger partial charge in [-0.25, -0.2) is 0 Å². The average molecular weight is 283 g/mol. The molecule has 0 unspecified atom stereocenters. The van der Waals surface area contributed by atoms with Crippen molar-refractivity contribution in [1.82, 2.24) is 5.32 Å². The average Bonchev–Trinajstić information content (AvgIpc) is 2.50. The van der Waals surface area contributed by atoms with Gasteiger partial charge in [-0.1, -0.05) is 43.3 Å². The lowest BCUT2D eigenvalue weighted by molar-refractivity contribution is 0.304. The van der Waals surface area contributed by atoms with Gasteiger partial charge in [-0.2, -0.15) is 0 Å². The lowest BCUT2D eigenvalue weighted by atomic mass is 10.1. The highest BCUT2D eigenvalue weighted by Crippen LogP contribution is 2.20. The van der Waals surface area contributed by atoms with Gasteiger partial charge in [0.1, 0.15) is 12.4 Å². The molecule has 2 heteroatoms. The van der Waals surface area contributed by atoms with Crippen LogP contribution >= 0.6 is 0 Å². The Hall–Kier alpha value is -1.80. The van der Waals surface area contributed by atoms with Crippen molar-refractivity contribution in [2.75, 3.05) is 6.54 Å². The van der Waals surface area contributed by atoms with Crippen LogP contribution in [-0.4, -0.2) is 6.54 Å². The van der Waals surface area contributed by atoms with E-state index in [1.54, 1.807) is 0 Å². The molecule has 21 heavy (non-hydrogen) atoms. The Bertz CT molecular complexity index is 560. The van der Waals surface area contributed by atoms with Gasteiger partial charge in [0.15, 0.2) is 0 Å². The minimum absolute atomic E-state index is 0.618. The molecule has 0 radical (unpaired) electrons. The van der Waals surface area contributed by atoms with Crippen molar-refractivity contribution in [3.8, 4) is 5.75 Å². The molecule has 2 nitrogen and oxygen atoms in total. The van der Waals surface area contributed by atoms with Crippen LogP contribution in [0, 0.1) is 13.8 Å². The van der Waals surface area contributed by atoms with Crippen LogP contribution in [0.25, 0.3) is 0 Å². The SMILES string of the molecule is CCCNCc1ccc(COc2cc(C)ccc2C)cc1. The molecule has 0 spiro atoms. The monoisotopic (exact) mass is 283 g/mol. The lowest BCUT2D eigenvalue weighted by Gasteiger charge is -2.10. The van der Waals surface area contributed by atoms with Gasteiger partial charge in [0, 0.05) is 6.54 Å². The fraction of sp³-hybridized carbons (Fsp3) is 0.368. The molecular formula is C19H25NO. The predicted molar refractivity (Wildman–Crippen MR) is 88.7 cm³/mol. The zero-order valence-electron chi connectivity index (χ0n) is 13.3. The van der Waals surface area contributed by atoms with E-state index in [2.05, 4.69) is 68.6 Å². The number of hydrogen-bond acceptors (Lipinski definition) is 2. The quantitative estimate of drug-likeness (QED) is 0.761. The molecule has 0 aromatic heterocycles. The minimum Gasteiger partial charge on any atom is -0.489 e. The van der Waals surface area contributed by atoms with Crippen molar-refractivity contribution in [2.45, 2.75) is 40.3 Å². The lowest BCUT2D eigenvalue weighted by Crippen LogP contribution is -2.13. The third-order valence-corrected chi connectivity index (χ3v) is 3.52. The Labute approximate surface area is 128 Å². The van der Waals surface area contributed by atoms with Gasteiger partial charge in [-0.15, -0.1) is 0 Å². The molecule has 0 bridgehead atoms. The molecule has 2 aromatic carbocycles. The third-order valence-electron chi connectivity index (χ3n) is 3.52. The van der Waals surface area contributed by atoms with Crippen molar-refractivity contribution >= 4 is 0 Å². The maximum absolute atomic E-state index is 5.93. The number of hydrogen-bond donors (Lipinski definition) is 1. The number of nitrogens with one attached hydrogen (secondary N) is 1. The van der Waals surface area contributed by atoms with Gasteiger partial charge in [-0.05, 0) is 55.1 Å². The summed E-state index contributed by atoms with van der Waals surface area (Å²) >= 11 is 0. The van der Waals surface area contributed by atoms with Crippen LogP contribution in [0.5, 0.6) is 5.75 Å². The molecule has 0 aliphatic heterocycles. The van der Waals surface area contributed by atoms with Crippen LogP contribution in [0.15, 0.2) is 42.5 Å². The summed E-state index contributed by atoms with van der Waals surface area (Å²) in [4.78, 5) is 0. The van der Waals surface area contributed by atoms with E-state index >= 15 is 0 Å². The summed E-state index contributed by atoms with van der Waals surface area (Å²) < 4.78 is 5.93. The molecule has 0 saturated carbocycles. The fourth-order valence-electron chi connectivity index (χ4n) is 2.19. The van der Waals surface area contributed by atoms with E-state index < -0.39 is 0 Å². The standard InChI is InChI=1S/C19H25NO/c1-4-11-20-13-17-7-9-18(10-8-17)14-21-19-12-15(2)5-6-16(19)3/h5-10,12,20H,4,11,13-14H2,1-3H3. The molecule has 0 aliphatic carbocycles. The zero-order valence-corrected chi connectivity index (χ0v) is 13.3. The molecule has 2 rings (SSSR count). The Morgan fingerprint density at radius 1 is 0.952 bits per heavy atom. The highest BCUT2D eigenvalue weighted by Gasteiger charge is 2.01. The largest absolute Gasteiger partial charge is 0.489 e. The second-order valence-corrected chi connectivity index (χ2v) is 5.55. The molecule has 0 saturated heterocycles. The van der Waals surface area contributed by atoms with E-state index in [0.29, 0.717) is 6.61 Å². The Balaban J connectivity index is 1.90. The molecule has 112 valence electrons. The Morgan fingerprint density at radius 3 is 2.38 bits per heavy atom. The van der Waals surface area contributed by atoms with Crippen LogP contribution < -0.4 is 10.1 Å². The first kappa shape index (κ1) is 15.6. The molecular weight excluding hydrogens is 258 g/mol. The van der Waals surface area contributed by atoms with Crippen molar-refractivity contribution in [3.63, 3.8) is 0 Å². The number of ether oxygens (including phenoxy) is 1. The summed E-state index contributed by atoms with van der Waals surface area (Å²) in [6, 6.07) is 14.9. The molecule has 0 atom stereocenters. The van der Waals surface area contributed by atoms with Gasteiger partial charge < -0.3 is 10.1 Å². The normalized spacial score (nSPS) is 10.6. The van der Waals surface area contributed by atoms with E-state index in [1.807, 2.05) is 0 Å². The summed E-state index contributed by atoms with van der Waals surface area (Å²) in [5.41, 5.74) is 4.93. The number of aryl methyl sites for hydroxylation is 2. The van der Waals surface area contributed by atoms with Crippen LogP contribution in [0.1, 0.15) is 35.6 Å². The van der Waals surface area contributed by atoms with Crippen LogP contribution in [-0.2, 0) is 13.2 Å². The van der Waals surface area contributed by atoms with Crippen molar-refractivity contribution in [1.29, 1.82) is 0 Å². The summed E-state index contributed by atoms with van der Waals surface area (Å²) in [5, 5.41) is 3.41.